The van der Waals surface area contributed by atoms with Gasteiger partial charge in [0.15, 0.2) is 0 Å². The summed E-state index contributed by atoms with van der Waals surface area (Å²) in [6, 6.07) is 6.25. The molecule has 2 amide bonds. The average Bonchev–Trinajstić information content (AvgIpc) is 2.52. The van der Waals surface area contributed by atoms with Crippen LogP contribution in [0.1, 0.15) is 44.5 Å². The number of benzene rings is 1. The van der Waals surface area contributed by atoms with E-state index in [1.165, 1.54) is 0 Å². The minimum absolute atomic E-state index is 0.157. The molecule has 24 heavy (non-hydrogen) atoms. The fraction of sp³-hybridized carbons (Fsp3) is 0.556. The summed E-state index contributed by atoms with van der Waals surface area (Å²) in [5.74, 6) is -0.138. The van der Waals surface area contributed by atoms with Gasteiger partial charge in [-0.2, -0.15) is 0 Å². The van der Waals surface area contributed by atoms with Gasteiger partial charge in [-0.1, -0.05) is 32.4 Å². The van der Waals surface area contributed by atoms with Gasteiger partial charge in [-0.3, -0.25) is 9.59 Å². The normalized spacial score (nSPS) is 13.4. The molecule has 0 aliphatic carbocycles. The lowest BCUT2D eigenvalue weighted by atomic mass is 10.0. The molecule has 134 valence electrons. The van der Waals surface area contributed by atoms with Gasteiger partial charge in [0.2, 0.25) is 5.91 Å². The monoisotopic (exact) mass is 353 g/mol. The number of carbonyl (C=O) groups excluding carboxylic acids is 2. The van der Waals surface area contributed by atoms with Crippen LogP contribution in [-0.2, 0) is 4.79 Å². The van der Waals surface area contributed by atoms with Crippen molar-refractivity contribution in [2.24, 2.45) is 5.92 Å². The maximum atomic E-state index is 12.4. The van der Waals surface area contributed by atoms with E-state index in [9.17, 15) is 9.59 Å². The standard InChI is InChI=1S/C18H28ClN3O2/c1-5-20-13(4)11-21-18(24)16(10-12(2)3)22-17(23)14-6-8-15(19)9-7-14/h6-9,12-13,16,20H,5,10-11H2,1-4H3,(H,21,24)(H,22,23)/t13-,16?/m1/s1. The molecular weight excluding hydrogens is 326 g/mol. The predicted molar refractivity (Wildman–Crippen MR) is 98.3 cm³/mol. The number of likely N-dealkylation sites (N-methyl/N-ethyl adjacent to an activating group) is 1. The Morgan fingerprint density at radius 2 is 1.75 bits per heavy atom. The fourth-order valence-corrected chi connectivity index (χ4v) is 2.47. The Labute approximate surface area is 149 Å². The third-order valence-electron chi connectivity index (χ3n) is 3.57. The van der Waals surface area contributed by atoms with Crippen molar-refractivity contribution in [2.45, 2.75) is 46.2 Å². The summed E-state index contributed by atoms with van der Waals surface area (Å²) in [4.78, 5) is 24.8. The maximum absolute atomic E-state index is 12.4. The molecule has 0 spiro atoms. The molecule has 0 heterocycles. The molecule has 5 nitrogen and oxygen atoms in total. The maximum Gasteiger partial charge on any atom is 0.251 e. The van der Waals surface area contributed by atoms with Crippen molar-refractivity contribution in [3.63, 3.8) is 0 Å². The number of amides is 2. The molecule has 1 aromatic rings. The first-order valence-electron chi connectivity index (χ1n) is 8.41. The van der Waals surface area contributed by atoms with E-state index in [2.05, 4.69) is 16.0 Å². The Kier molecular flexibility index (Phi) is 8.79. The zero-order chi connectivity index (χ0) is 18.1. The van der Waals surface area contributed by atoms with Crippen LogP contribution in [0.3, 0.4) is 0 Å². The highest BCUT2D eigenvalue weighted by Gasteiger charge is 2.22. The second-order valence-electron chi connectivity index (χ2n) is 6.37. The Bertz CT molecular complexity index is 532. The van der Waals surface area contributed by atoms with Crippen LogP contribution >= 0.6 is 11.6 Å². The van der Waals surface area contributed by atoms with E-state index in [1.54, 1.807) is 24.3 Å². The molecule has 0 bridgehead atoms. The Hall–Kier alpha value is -1.59. The highest BCUT2D eigenvalue weighted by Crippen LogP contribution is 2.11. The number of nitrogens with one attached hydrogen (secondary N) is 3. The lowest BCUT2D eigenvalue weighted by molar-refractivity contribution is -0.123. The summed E-state index contributed by atoms with van der Waals surface area (Å²) in [5, 5.41) is 9.53. The molecule has 1 unspecified atom stereocenters. The molecule has 3 N–H and O–H groups in total. The highest BCUT2D eigenvalue weighted by atomic mass is 35.5. The van der Waals surface area contributed by atoms with Crippen LogP contribution in [0, 0.1) is 5.92 Å². The van der Waals surface area contributed by atoms with E-state index in [0.29, 0.717) is 23.6 Å². The molecule has 0 saturated carbocycles. The van der Waals surface area contributed by atoms with Crippen molar-refractivity contribution in [1.82, 2.24) is 16.0 Å². The molecule has 0 radical (unpaired) electrons. The number of rotatable bonds is 9. The molecule has 0 aliphatic heterocycles. The quantitative estimate of drug-likeness (QED) is 0.639. The zero-order valence-corrected chi connectivity index (χ0v) is 15.6. The van der Waals surface area contributed by atoms with E-state index in [1.807, 2.05) is 27.7 Å². The van der Waals surface area contributed by atoms with E-state index in [4.69, 9.17) is 11.6 Å². The summed E-state index contributed by atoms with van der Waals surface area (Å²) >= 11 is 5.84. The average molecular weight is 354 g/mol. The van der Waals surface area contributed by atoms with Gasteiger partial charge in [-0.05, 0) is 50.1 Å². The van der Waals surface area contributed by atoms with Crippen LogP contribution in [0.4, 0.5) is 0 Å². The van der Waals surface area contributed by atoms with Crippen molar-refractivity contribution < 1.29 is 9.59 Å². The van der Waals surface area contributed by atoms with Gasteiger partial charge >= 0.3 is 0 Å². The number of halogens is 1. The van der Waals surface area contributed by atoms with E-state index >= 15 is 0 Å². The third kappa shape index (κ3) is 7.32. The van der Waals surface area contributed by atoms with Gasteiger partial charge in [0.25, 0.3) is 5.91 Å². The number of carbonyl (C=O) groups is 2. The fourth-order valence-electron chi connectivity index (χ4n) is 2.34. The van der Waals surface area contributed by atoms with E-state index in [-0.39, 0.29) is 23.8 Å². The Morgan fingerprint density at radius 3 is 2.29 bits per heavy atom. The Morgan fingerprint density at radius 1 is 1.12 bits per heavy atom. The minimum atomic E-state index is -0.554. The van der Waals surface area contributed by atoms with Gasteiger partial charge in [-0.15, -0.1) is 0 Å². The third-order valence-corrected chi connectivity index (χ3v) is 3.82. The van der Waals surface area contributed by atoms with Crippen LogP contribution < -0.4 is 16.0 Å². The summed E-state index contributed by atoms with van der Waals surface area (Å²) in [7, 11) is 0. The smallest absolute Gasteiger partial charge is 0.251 e. The van der Waals surface area contributed by atoms with Crippen LogP contribution in [-0.4, -0.2) is 37.0 Å². The van der Waals surface area contributed by atoms with Crippen molar-refractivity contribution in [1.29, 1.82) is 0 Å². The van der Waals surface area contributed by atoms with Gasteiger partial charge in [0, 0.05) is 23.2 Å². The van der Waals surface area contributed by atoms with Crippen LogP contribution in [0.15, 0.2) is 24.3 Å². The highest BCUT2D eigenvalue weighted by molar-refractivity contribution is 6.30. The predicted octanol–water partition coefficient (Wildman–Crippen LogP) is 2.60. The minimum Gasteiger partial charge on any atom is -0.353 e. The first kappa shape index (κ1) is 20.5. The topological polar surface area (TPSA) is 70.2 Å². The molecule has 6 heteroatoms. The van der Waals surface area contributed by atoms with Gasteiger partial charge in [0.1, 0.15) is 6.04 Å². The van der Waals surface area contributed by atoms with Gasteiger partial charge in [0.05, 0.1) is 0 Å². The summed E-state index contributed by atoms with van der Waals surface area (Å²) in [6.07, 6.45) is 0.584. The molecular formula is C18H28ClN3O2. The summed E-state index contributed by atoms with van der Waals surface area (Å²) in [6.45, 7) is 9.45. The number of hydrogen-bond donors (Lipinski definition) is 3. The number of hydrogen-bond acceptors (Lipinski definition) is 3. The molecule has 0 fully saturated rings. The second kappa shape index (κ2) is 10.3. The molecule has 0 saturated heterocycles. The van der Waals surface area contributed by atoms with Crippen LogP contribution in [0.5, 0.6) is 0 Å². The Balaban J connectivity index is 2.68. The zero-order valence-electron chi connectivity index (χ0n) is 14.9. The first-order chi connectivity index (χ1) is 11.3. The molecule has 1 rings (SSSR count). The van der Waals surface area contributed by atoms with Crippen LogP contribution in [0.25, 0.3) is 0 Å². The van der Waals surface area contributed by atoms with Gasteiger partial charge < -0.3 is 16.0 Å². The molecule has 0 aliphatic rings. The summed E-state index contributed by atoms with van der Waals surface area (Å²) < 4.78 is 0. The van der Waals surface area contributed by atoms with Crippen molar-refractivity contribution >= 4 is 23.4 Å². The molecule has 0 aromatic heterocycles. The summed E-state index contributed by atoms with van der Waals surface area (Å²) in [5.41, 5.74) is 0.488. The van der Waals surface area contributed by atoms with E-state index < -0.39 is 6.04 Å². The lowest BCUT2D eigenvalue weighted by Crippen LogP contribution is -2.50. The van der Waals surface area contributed by atoms with Crippen molar-refractivity contribution in [3.05, 3.63) is 34.9 Å². The first-order valence-corrected chi connectivity index (χ1v) is 8.78. The second-order valence-corrected chi connectivity index (χ2v) is 6.80. The van der Waals surface area contributed by atoms with Crippen molar-refractivity contribution in [3.8, 4) is 0 Å². The van der Waals surface area contributed by atoms with Crippen molar-refractivity contribution in [2.75, 3.05) is 13.1 Å². The van der Waals surface area contributed by atoms with Gasteiger partial charge in [-0.25, -0.2) is 0 Å². The van der Waals surface area contributed by atoms with E-state index in [0.717, 1.165) is 6.54 Å². The lowest BCUT2D eigenvalue weighted by Gasteiger charge is -2.21. The molecule has 2 atom stereocenters. The van der Waals surface area contributed by atoms with Crippen LogP contribution in [0.2, 0.25) is 5.02 Å². The molecule has 1 aromatic carbocycles. The SMILES string of the molecule is CCN[C@H](C)CNC(=O)C(CC(C)C)NC(=O)c1ccc(Cl)cc1. The largest absolute Gasteiger partial charge is 0.353 e.